The zero-order valence-corrected chi connectivity index (χ0v) is 11.1. The van der Waals surface area contributed by atoms with Crippen molar-refractivity contribution in [3.05, 3.63) is 48.4 Å². The van der Waals surface area contributed by atoms with Gasteiger partial charge in [-0.15, -0.1) is 0 Å². The highest BCUT2D eigenvalue weighted by Crippen LogP contribution is 2.18. The molecule has 2 N–H and O–H groups in total. The fraction of sp³-hybridized carbons (Fsp3) is 0.267. The Bertz CT molecular complexity index is 665. The van der Waals surface area contributed by atoms with Crippen LogP contribution >= 0.6 is 0 Å². The van der Waals surface area contributed by atoms with Crippen LogP contribution in [0.4, 0.5) is 5.69 Å². The monoisotopic (exact) mass is 254 g/mol. The number of benzene rings is 1. The van der Waals surface area contributed by atoms with E-state index in [2.05, 4.69) is 57.3 Å². The minimum absolute atomic E-state index is 0.802. The number of fused-ring (bicyclic) bond motifs is 1. The molecule has 0 saturated carbocycles. The van der Waals surface area contributed by atoms with Crippen molar-refractivity contribution in [2.75, 3.05) is 5.32 Å². The smallest absolute Gasteiger partial charge is 0.0575 e. The third kappa shape index (κ3) is 2.47. The molecule has 2 aromatic heterocycles. The molecular formula is C15H18N4. The molecule has 0 amide bonds. The van der Waals surface area contributed by atoms with Crippen LogP contribution in [0.25, 0.3) is 10.9 Å². The highest BCUT2D eigenvalue weighted by Gasteiger charge is 2.02. The number of anilines is 1. The highest BCUT2D eigenvalue weighted by molar-refractivity contribution is 5.82. The first-order valence-corrected chi connectivity index (χ1v) is 6.68. The molecular weight excluding hydrogens is 236 g/mol. The molecule has 3 aromatic rings. The van der Waals surface area contributed by atoms with Gasteiger partial charge in [-0.3, -0.25) is 4.68 Å². The topological polar surface area (TPSA) is 45.6 Å². The van der Waals surface area contributed by atoms with Crippen LogP contribution in [-0.2, 0) is 13.1 Å². The number of H-pyrrole nitrogens is 1. The lowest BCUT2D eigenvalue weighted by molar-refractivity contribution is 0.578. The van der Waals surface area contributed by atoms with Crippen LogP contribution in [0, 0.1) is 0 Å². The number of aromatic amines is 1. The summed E-state index contributed by atoms with van der Waals surface area (Å²) in [5.41, 5.74) is 3.52. The van der Waals surface area contributed by atoms with Crippen LogP contribution in [0.1, 0.15) is 19.0 Å². The van der Waals surface area contributed by atoms with Crippen molar-refractivity contribution in [2.45, 2.75) is 26.4 Å². The molecule has 2 heterocycles. The first-order chi connectivity index (χ1) is 9.36. The van der Waals surface area contributed by atoms with Gasteiger partial charge in [0.25, 0.3) is 0 Å². The van der Waals surface area contributed by atoms with E-state index >= 15 is 0 Å². The van der Waals surface area contributed by atoms with E-state index < -0.39 is 0 Å². The Labute approximate surface area is 112 Å². The van der Waals surface area contributed by atoms with Gasteiger partial charge in [0.1, 0.15) is 0 Å². The van der Waals surface area contributed by atoms with Crippen LogP contribution < -0.4 is 5.32 Å². The second-order valence-electron chi connectivity index (χ2n) is 4.68. The van der Waals surface area contributed by atoms with E-state index in [-0.39, 0.29) is 0 Å². The van der Waals surface area contributed by atoms with Gasteiger partial charge in [0.2, 0.25) is 0 Å². The number of aryl methyl sites for hydroxylation is 1. The van der Waals surface area contributed by atoms with Gasteiger partial charge in [0, 0.05) is 35.5 Å². The molecule has 0 unspecified atom stereocenters. The third-order valence-corrected chi connectivity index (χ3v) is 3.27. The lowest BCUT2D eigenvalue weighted by Gasteiger charge is -2.09. The van der Waals surface area contributed by atoms with E-state index in [1.54, 1.807) is 0 Å². The Morgan fingerprint density at radius 3 is 3.11 bits per heavy atom. The summed E-state index contributed by atoms with van der Waals surface area (Å²) in [5, 5.41) is 9.01. The lowest BCUT2D eigenvalue weighted by Crippen LogP contribution is -2.08. The van der Waals surface area contributed by atoms with Gasteiger partial charge in [0.05, 0.1) is 12.2 Å². The van der Waals surface area contributed by atoms with Gasteiger partial charge in [0.15, 0.2) is 0 Å². The van der Waals surface area contributed by atoms with Gasteiger partial charge in [-0.05, 0) is 36.8 Å². The van der Waals surface area contributed by atoms with Crippen LogP contribution in [0.2, 0.25) is 0 Å². The maximum atomic E-state index is 4.33. The third-order valence-electron chi connectivity index (χ3n) is 3.27. The quantitative estimate of drug-likeness (QED) is 0.733. The van der Waals surface area contributed by atoms with E-state index in [9.17, 15) is 0 Å². The fourth-order valence-corrected chi connectivity index (χ4v) is 2.28. The molecule has 0 fully saturated rings. The summed E-state index contributed by atoms with van der Waals surface area (Å²) in [7, 11) is 0. The molecule has 0 atom stereocenters. The normalized spacial score (nSPS) is 11.0. The minimum Gasteiger partial charge on any atom is -0.379 e. The van der Waals surface area contributed by atoms with E-state index in [4.69, 9.17) is 0 Å². The predicted octanol–water partition coefficient (Wildman–Crippen LogP) is 3.39. The lowest BCUT2D eigenvalue weighted by atomic mass is 10.2. The Kier molecular flexibility index (Phi) is 3.23. The maximum absolute atomic E-state index is 4.33. The standard InChI is InChI=1S/C15H18N4/c1-2-9-19-14(6-8-18-19)11-17-13-3-4-15-12(10-13)5-7-16-15/h3-8,10,16-17H,2,9,11H2,1H3. The first-order valence-electron chi connectivity index (χ1n) is 6.68. The van der Waals surface area contributed by atoms with Crippen LogP contribution in [-0.4, -0.2) is 14.8 Å². The van der Waals surface area contributed by atoms with Crippen molar-refractivity contribution in [3.63, 3.8) is 0 Å². The van der Waals surface area contributed by atoms with Crippen molar-refractivity contribution in [1.82, 2.24) is 14.8 Å². The molecule has 0 aliphatic rings. The number of rotatable bonds is 5. The van der Waals surface area contributed by atoms with Crippen molar-refractivity contribution < 1.29 is 0 Å². The van der Waals surface area contributed by atoms with Gasteiger partial charge >= 0.3 is 0 Å². The van der Waals surface area contributed by atoms with Gasteiger partial charge in [-0.25, -0.2) is 0 Å². The fourth-order valence-electron chi connectivity index (χ4n) is 2.28. The van der Waals surface area contributed by atoms with E-state index in [0.717, 1.165) is 25.2 Å². The summed E-state index contributed by atoms with van der Waals surface area (Å²) in [4.78, 5) is 3.20. The second-order valence-corrected chi connectivity index (χ2v) is 4.68. The molecule has 0 radical (unpaired) electrons. The molecule has 0 spiro atoms. The van der Waals surface area contributed by atoms with E-state index in [0.29, 0.717) is 0 Å². The van der Waals surface area contributed by atoms with Gasteiger partial charge in [-0.2, -0.15) is 5.10 Å². The molecule has 4 heteroatoms. The summed E-state index contributed by atoms with van der Waals surface area (Å²) in [6, 6.07) is 10.5. The summed E-state index contributed by atoms with van der Waals surface area (Å²) < 4.78 is 2.06. The predicted molar refractivity (Wildman–Crippen MR) is 78.1 cm³/mol. The number of nitrogens with one attached hydrogen (secondary N) is 2. The molecule has 3 rings (SSSR count). The van der Waals surface area contributed by atoms with Crippen LogP contribution in [0.5, 0.6) is 0 Å². The Balaban J connectivity index is 1.72. The zero-order valence-electron chi connectivity index (χ0n) is 11.1. The van der Waals surface area contributed by atoms with Crippen LogP contribution in [0.3, 0.4) is 0 Å². The van der Waals surface area contributed by atoms with Crippen molar-refractivity contribution in [3.8, 4) is 0 Å². The SMILES string of the molecule is CCCn1nccc1CNc1ccc2[nH]ccc2c1. The molecule has 19 heavy (non-hydrogen) atoms. The molecule has 0 saturated heterocycles. The van der Waals surface area contributed by atoms with Crippen molar-refractivity contribution in [2.24, 2.45) is 0 Å². The number of nitrogens with zero attached hydrogens (tertiary/aromatic N) is 2. The number of aromatic nitrogens is 3. The maximum Gasteiger partial charge on any atom is 0.0575 e. The minimum atomic E-state index is 0.802. The van der Waals surface area contributed by atoms with Gasteiger partial charge in [-0.1, -0.05) is 6.92 Å². The Hall–Kier alpha value is -2.23. The van der Waals surface area contributed by atoms with E-state index in [1.807, 2.05) is 12.4 Å². The zero-order chi connectivity index (χ0) is 13.1. The summed E-state index contributed by atoms with van der Waals surface area (Å²) >= 11 is 0. The van der Waals surface area contributed by atoms with E-state index in [1.165, 1.54) is 16.6 Å². The largest absolute Gasteiger partial charge is 0.379 e. The summed E-state index contributed by atoms with van der Waals surface area (Å²) in [6.45, 7) is 3.94. The van der Waals surface area contributed by atoms with Crippen molar-refractivity contribution >= 4 is 16.6 Å². The molecule has 0 aliphatic heterocycles. The van der Waals surface area contributed by atoms with Gasteiger partial charge < -0.3 is 10.3 Å². The molecule has 0 aliphatic carbocycles. The summed E-state index contributed by atoms with van der Waals surface area (Å²) in [5.74, 6) is 0. The molecule has 0 bridgehead atoms. The second kappa shape index (κ2) is 5.18. The Morgan fingerprint density at radius 2 is 2.21 bits per heavy atom. The van der Waals surface area contributed by atoms with Crippen LogP contribution in [0.15, 0.2) is 42.7 Å². The molecule has 4 nitrogen and oxygen atoms in total. The molecule has 98 valence electrons. The van der Waals surface area contributed by atoms with Crippen molar-refractivity contribution in [1.29, 1.82) is 0 Å². The first kappa shape index (κ1) is 11.8. The average Bonchev–Trinajstić information content (AvgIpc) is 3.05. The Morgan fingerprint density at radius 1 is 1.26 bits per heavy atom. The molecule has 1 aromatic carbocycles. The number of hydrogen-bond acceptors (Lipinski definition) is 2. The highest BCUT2D eigenvalue weighted by atomic mass is 15.3. The average molecular weight is 254 g/mol. The summed E-state index contributed by atoms with van der Waals surface area (Å²) in [6.07, 6.45) is 4.93. The number of hydrogen-bond donors (Lipinski definition) is 2.